The minimum Gasteiger partial charge on any atom is -0.368 e. The molecular formula is C12H17F3N4O. The standard InChI is InChI=1S/C12H17F3N4O/c13-12(14,15)9-6-18-19(7-9)5-3-8-2-1-4-11(8,17)10(16)20/h6-8H,1-5,17H2,(H2,16,20). The number of halogens is 3. The number of aryl methyl sites for hydroxylation is 1. The summed E-state index contributed by atoms with van der Waals surface area (Å²) in [6.45, 7) is 0.285. The fourth-order valence-electron chi connectivity index (χ4n) is 2.75. The highest BCUT2D eigenvalue weighted by Gasteiger charge is 2.44. The van der Waals surface area contributed by atoms with Gasteiger partial charge in [0.05, 0.1) is 17.3 Å². The Labute approximate surface area is 114 Å². The van der Waals surface area contributed by atoms with E-state index < -0.39 is 23.2 Å². The lowest BCUT2D eigenvalue weighted by Gasteiger charge is -2.27. The Balaban J connectivity index is 1.99. The number of primary amides is 1. The molecule has 0 radical (unpaired) electrons. The molecule has 1 aromatic rings. The Bertz CT molecular complexity index is 499. The third-order valence-electron chi connectivity index (χ3n) is 4.00. The molecular weight excluding hydrogens is 273 g/mol. The fraction of sp³-hybridized carbons (Fsp3) is 0.667. The Morgan fingerprint density at radius 1 is 1.55 bits per heavy atom. The van der Waals surface area contributed by atoms with Crippen LogP contribution in [-0.2, 0) is 17.5 Å². The number of carbonyl (C=O) groups is 1. The lowest BCUT2D eigenvalue weighted by molar-refractivity contribution is -0.137. The van der Waals surface area contributed by atoms with Crippen LogP contribution in [0.2, 0.25) is 0 Å². The van der Waals surface area contributed by atoms with Gasteiger partial charge in [-0.3, -0.25) is 9.48 Å². The molecule has 1 amide bonds. The van der Waals surface area contributed by atoms with Crippen LogP contribution in [0.15, 0.2) is 12.4 Å². The van der Waals surface area contributed by atoms with Gasteiger partial charge in [-0.15, -0.1) is 0 Å². The monoisotopic (exact) mass is 290 g/mol. The highest BCUT2D eigenvalue weighted by Crippen LogP contribution is 2.36. The van der Waals surface area contributed by atoms with Crippen molar-refractivity contribution in [2.24, 2.45) is 17.4 Å². The SMILES string of the molecule is NC(=O)C1(N)CCCC1CCn1cc(C(F)(F)F)cn1. The highest BCUT2D eigenvalue weighted by atomic mass is 19.4. The summed E-state index contributed by atoms with van der Waals surface area (Å²) in [5, 5.41) is 3.68. The molecule has 1 saturated carbocycles. The van der Waals surface area contributed by atoms with Gasteiger partial charge in [-0.05, 0) is 25.2 Å². The molecule has 1 fully saturated rings. The normalized spacial score (nSPS) is 26.9. The van der Waals surface area contributed by atoms with E-state index in [9.17, 15) is 18.0 Å². The van der Waals surface area contributed by atoms with E-state index in [4.69, 9.17) is 11.5 Å². The number of carbonyl (C=O) groups excluding carboxylic acids is 1. The number of hydrogen-bond donors (Lipinski definition) is 2. The van der Waals surface area contributed by atoms with Crippen molar-refractivity contribution in [1.82, 2.24) is 9.78 Å². The molecule has 0 aliphatic heterocycles. The average Bonchev–Trinajstić information content (AvgIpc) is 2.93. The molecule has 1 heterocycles. The second-order valence-corrected chi connectivity index (χ2v) is 5.27. The first kappa shape index (κ1) is 14.8. The van der Waals surface area contributed by atoms with Gasteiger partial charge in [0.2, 0.25) is 5.91 Å². The molecule has 0 saturated heterocycles. The van der Waals surface area contributed by atoms with Crippen molar-refractivity contribution < 1.29 is 18.0 Å². The number of nitrogens with zero attached hydrogens (tertiary/aromatic N) is 2. The van der Waals surface area contributed by atoms with Crippen LogP contribution in [0, 0.1) is 5.92 Å². The maximum Gasteiger partial charge on any atom is 0.419 e. The molecule has 0 bridgehead atoms. The lowest BCUT2D eigenvalue weighted by atomic mass is 9.85. The Morgan fingerprint density at radius 3 is 2.80 bits per heavy atom. The van der Waals surface area contributed by atoms with Gasteiger partial charge in [0.1, 0.15) is 0 Å². The maximum atomic E-state index is 12.4. The first-order chi connectivity index (χ1) is 9.23. The average molecular weight is 290 g/mol. The van der Waals surface area contributed by atoms with Crippen LogP contribution in [0.4, 0.5) is 13.2 Å². The summed E-state index contributed by atoms with van der Waals surface area (Å²) in [5.41, 5.74) is 9.50. The Hall–Kier alpha value is -1.57. The van der Waals surface area contributed by atoms with E-state index in [1.165, 1.54) is 4.68 Å². The van der Waals surface area contributed by atoms with Crippen molar-refractivity contribution in [2.45, 2.75) is 43.9 Å². The van der Waals surface area contributed by atoms with Gasteiger partial charge in [-0.25, -0.2) is 0 Å². The lowest BCUT2D eigenvalue weighted by Crippen LogP contribution is -2.54. The van der Waals surface area contributed by atoms with Crippen LogP contribution in [0.25, 0.3) is 0 Å². The van der Waals surface area contributed by atoms with Crippen molar-refractivity contribution in [2.75, 3.05) is 0 Å². The van der Waals surface area contributed by atoms with Crippen LogP contribution in [-0.4, -0.2) is 21.2 Å². The molecule has 112 valence electrons. The van der Waals surface area contributed by atoms with Crippen LogP contribution < -0.4 is 11.5 Å². The summed E-state index contributed by atoms with van der Waals surface area (Å²) in [7, 11) is 0. The number of nitrogens with two attached hydrogens (primary N) is 2. The molecule has 4 N–H and O–H groups in total. The van der Waals surface area contributed by atoms with E-state index in [2.05, 4.69) is 5.10 Å². The second kappa shape index (κ2) is 5.08. The molecule has 2 rings (SSSR count). The predicted molar refractivity (Wildman–Crippen MR) is 65.3 cm³/mol. The molecule has 20 heavy (non-hydrogen) atoms. The molecule has 8 heteroatoms. The van der Waals surface area contributed by atoms with Gasteiger partial charge in [-0.2, -0.15) is 18.3 Å². The largest absolute Gasteiger partial charge is 0.419 e. The summed E-state index contributed by atoms with van der Waals surface area (Å²) >= 11 is 0. The van der Waals surface area contributed by atoms with Crippen molar-refractivity contribution in [3.05, 3.63) is 18.0 Å². The zero-order valence-corrected chi connectivity index (χ0v) is 10.9. The molecule has 1 aromatic heterocycles. The van der Waals surface area contributed by atoms with E-state index in [1.54, 1.807) is 0 Å². The van der Waals surface area contributed by atoms with Crippen molar-refractivity contribution in [3.8, 4) is 0 Å². The topological polar surface area (TPSA) is 86.9 Å². The third kappa shape index (κ3) is 2.79. The minimum absolute atomic E-state index is 0.112. The first-order valence-electron chi connectivity index (χ1n) is 6.42. The van der Waals surface area contributed by atoms with E-state index in [0.29, 0.717) is 12.8 Å². The third-order valence-corrected chi connectivity index (χ3v) is 4.00. The zero-order valence-electron chi connectivity index (χ0n) is 10.9. The minimum atomic E-state index is -4.39. The summed E-state index contributed by atoms with van der Waals surface area (Å²) in [4.78, 5) is 11.4. The van der Waals surface area contributed by atoms with Crippen LogP contribution in [0.3, 0.4) is 0 Å². The first-order valence-corrected chi connectivity index (χ1v) is 6.42. The molecule has 0 spiro atoms. The van der Waals surface area contributed by atoms with Gasteiger partial charge in [-0.1, -0.05) is 6.42 Å². The predicted octanol–water partition coefficient (Wildman–Crippen LogP) is 1.27. The molecule has 2 atom stereocenters. The number of hydrogen-bond acceptors (Lipinski definition) is 3. The van der Waals surface area contributed by atoms with Gasteiger partial charge in [0.15, 0.2) is 0 Å². The van der Waals surface area contributed by atoms with Gasteiger partial charge in [0, 0.05) is 12.7 Å². The van der Waals surface area contributed by atoms with Crippen LogP contribution in [0.5, 0.6) is 0 Å². The van der Waals surface area contributed by atoms with Crippen LogP contribution in [0.1, 0.15) is 31.2 Å². The van der Waals surface area contributed by atoms with Gasteiger partial charge in [0.25, 0.3) is 0 Å². The van der Waals surface area contributed by atoms with Crippen LogP contribution >= 0.6 is 0 Å². The quantitative estimate of drug-likeness (QED) is 0.875. The number of rotatable bonds is 4. The Kier molecular flexibility index (Phi) is 3.77. The van der Waals surface area contributed by atoms with E-state index in [1.807, 2.05) is 0 Å². The smallest absolute Gasteiger partial charge is 0.368 e. The molecule has 2 unspecified atom stereocenters. The Morgan fingerprint density at radius 2 is 2.25 bits per heavy atom. The van der Waals surface area contributed by atoms with Crippen molar-refractivity contribution >= 4 is 5.91 Å². The molecule has 1 aliphatic rings. The van der Waals surface area contributed by atoms with Crippen molar-refractivity contribution in [1.29, 1.82) is 0 Å². The summed E-state index contributed by atoms with van der Waals surface area (Å²) in [5.74, 6) is -0.657. The van der Waals surface area contributed by atoms with Gasteiger partial charge < -0.3 is 11.5 Å². The van der Waals surface area contributed by atoms with E-state index in [-0.39, 0.29) is 12.5 Å². The maximum absolute atomic E-state index is 12.4. The zero-order chi connectivity index (χ0) is 15.0. The summed E-state index contributed by atoms with van der Waals surface area (Å²) in [6, 6.07) is 0. The number of alkyl halides is 3. The second-order valence-electron chi connectivity index (χ2n) is 5.27. The molecule has 5 nitrogen and oxygen atoms in total. The summed E-state index contributed by atoms with van der Waals surface area (Å²) < 4.78 is 38.5. The fourth-order valence-corrected chi connectivity index (χ4v) is 2.75. The summed E-state index contributed by atoms with van der Waals surface area (Å²) in [6.07, 6.45) is -0.0749. The highest BCUT2D eigenvalue weighted by molar-refractivity contribution is 5.85. The van der Waals surface area contributed by atoms with E-state index >= 15 is 0 Å². The van der Waals surface area contributed by atoms with Crippen molar-refractivity contribution in [3.63, 3.8) is 0 Å². The number of amides is 1. The van der Waals surface area contributed by atoms with E-state index in [0.717, 1.165) is 25.2 Å². The molecule has 1 aliphatic carbocycles. The molecule has 0 aromatic carbocycles. The van der Waals surface area contributed by atoms with Gasteiger partial charge >= 0.3 is 6.18 Å². The number of aromatic nitrogens is 2.